The first-order chi connectivity index (χ1) is 9.50. The highest BCUT2D eigenvalue weighted by Gasteiger charge is 2.25. The zero-order chi connectivity index (χ0) is 14.8. The van der Waals surface area contributed by atoms with E-state index in [1.165, 1.54) is 21.1 Å². The average molecular weight is 292 g/mol. The highest BCUT2D eigenvalue weighted by molar-refractivity contribution is 7.53. The number of carbonyl (C=O) groups excluding carboxylic acids is 1. The fourth-order valence-corrected chi connectivity index (χ4v) is 3.37. The van der Waals surface area contributed by atoms with Gasteiger partial charge in [-0.3, -0.25) is 9.36 Å². The molecule has 0 unspecified atom stereocenters. The van der Waals surface area contributed by atoms with Crippen LogP contribution in [0.1, 0.15) is 22.8 Å². The van der Waals surface area contributed by atoms with Crippen LogP contribution in [0, 0.1) is 0 Å². The van der Waals surface area contributed by atoms with Crippen LogP contribution in [0.15, 0.2) is 36.4 Å². The second-order valence-corrected chi connectivity index (χ2v) is 6.77. The summed E-state index contributed by atoms with van der Waals surface area (Å²) in [6.07, 6.45) is 0.0796. The number of rotatable bonds is 5. The van der Waals surface area contributed by atoms with Gasteiger partial charge < -0.3 is 9.05 Å². The van der Waals surface area contributed by atoms with Crippen molar-refractivity contribution in [2.45, 2.75) is 13.1 Å². The maximum atomic E-state index is 12.4. The van der Waals surface area contributed by atoms with Gasteiger partial charge in [0.05, 0.1) is 6.16 Å². The van der Waals surface area contributed by atoms with Crippen molar-refractivity contribution in [2.75, 3.05) is 14.2 Å². The SMILES string of the molecule is COP(=O)(Cc1c(C(C)=O)ccc2ccccc12)OC. The second-order valence-electron chi connectivity index (χ2n) is 4.50. The molecule has 4 nitrogen and oxygen atoms in total. The first-order valence-electron chi connectivity index (χ1n) is 6.23. The number of hydrogen-bond acceptors (Lipinski definition) is 4. The lowest BCUT2D eigenvalue weighted by molar-refractivity contribution is 0.101. The minimum absolute atomic E-state index is 0.0653. The van der Waals surface area contributed by atoms with Crippen LogP contribution in [-0.2, 0) is 19.8 Å². The molecule has 0 bridgehead atoms. The lowest BCUT2D eigenvalue weighted by Crippen LogP contribution is -2.03. The Morgan fingerprint density at radius 3 is 2.35 bits per heavy atom. The number of benzene rings is 2. The number of carbonyl (C=O) groups is 1. The van der Waals surface area contributed by atoms with Crippen molar-refractivity contribution in [2.24, 2.45) is 0 Å². The molecule has 0 amide bonds. The fourth-order valence-electron chi connectivity index (χ4n) is 2.23. The molecule has 0 saturated heterocycles. The van der Waals surface area contributed by atoms with E-state index in [9.17, 15) is 9.36 Å². The van der Waals surface area contributed by atoms with Gasteiger partial charge in [-0.1, -0.05) is 36.4 Å². The molecule has 0 radical (unpaired) electrons. The molecular weight excluding hydrogens is 275 g/mol. The highest BCUT2D eigenvalue weighted by Crippen LogP contribution is 2.51. The maximum absolute atomic E-state index is 12.4. The molecule has 0 aromatic heterocycles. The summed E-state index contributed by atoms with van der Waals surface area (Å²) >= 11 is 0. The van der Waals surface area contributed by atoms with Crippen LogP contribution in [0.3, 0.4) is 0 Å². The Morgan fingerprint density at radius 1 is 1.10 bits per heavy atom. The van der Waals surface area contributed by atoms with Gasteiger partial charge in [0.1, 0.15) is 0 Å². The molecule has 0 N–H and O–H groups in total. The molecule has 0 heterocycles. The normalized spacial score (nSPS) is 11.8. The van der Waals surface area contributed by atoms with E-state index in [0.29, 0.717) is 11.1 Å². The zero-order valence-electron chi connectivity index (χ0n) is 11.8. The summed E-state index contributed by atoms with van der Waals surface area (Å²) in [5.41, 5.74) is 1.26. The first-order valence-corrected chi connectivity index (χ1v) is 7.95. The van der Waals surface area contributed by atoms with Crippen molar-refractivity contribution in [3.8, 4) is 0 Å². The monoisotopic (exact) mass is 292 g/mol. The first kappa shape index (κ1) is 14.9. The number of ketones is 1. The summed E-state index contributed by atoms with van der Waals surface area (Å²) in [6.45, 7) is 1.50. The van der Waals surface area contributed by atoms with Crippen molar-refractivity contribution in [3.63, 3.8) is 0 Å². The standard InChI is InChI=1S/C15H17O4P/c1-11(16)13-9-8-12-6-4-5-7-14(12)15(13)10-20(17,18-2)19-3/h4-9H,10H2,1-3H3. The fraction of sp³-hybridized carbons (Fsp3) is 0.267. The van der Waals surface area contributed by atoms with E-state index >= 15 is 0 Å². The van der Waals surface area contributed by atoms with E-state index in [1.807, 2.05) is 30.3 Å². The van der Waals surface area contributed by atoms with E-state index in [2.05, 4.69) is 0 Å². The third-order valence-corrected chi connectivity index (χ3v) is 5.14. The number of hydrogen-bond donors (Lipinski definition) is 0. The summed E-state index contributed by atoms with van der Waals surface area (Å²) < 4.78 is 22.4. The van der Waals surface area contributed by atoms with Gasteiger partial charge in [0.2, 0.25) is 0 Å². The smallest absolute Gasteiger partial charge is 0.312 e. The van der Waals surface area contributed by atoms with Gasteiger partial charge in [-0.2, -0.15) is 0 Å². The summed E-state index contributed by atoms with van der Waals surface area (Å²) in [5, 5.41) is 1.89. The Balaban J connectivity index is 2.67. The van der Waals surface area contributed by atoms with E-state index in [0.717, 1.165) is 10.8 Å². The molecule has 0 aliphatic carbocycles. The van der Waals surface area contributed by atoms with Gasteiger partial charge in [0.25, 0.3) is 0 Å². The van der Waals surface area contributed by atoms with Crippen molar-refractivity contribution in [1.29, 1.82) is 0 Å². The molecule has 2 aromatic rings. The van der Waals surface area contributed by atoms with Gasteiger partial charge in [-0.15, -0.1) is 0 Å². The quantitative estimate of drug-likeness (QED) is 0.616. The van der Waals surface area contributed by atoms with E-state index in [1.54, 1.807) is 6.07 Å². The van der Waals surface area contributed by atoms with Crippen LogP contribution < -0.4 is 0 Å². The molecular formula is C15H17O4P. The van der Waals surface area contributed by atoms with Gasteiger partial charge in [0, 0.05) is 19.8 Å². The number of fused-ring (bicyclic) bond motifs is 1. The van der Waals surface area contributed by atoms with Crippen LogP contribution >= 0.6 is 7.60 Å². The van der Waals surface area contributed by atoms with E-state index in [4.69, 9.17) is 9.05 Å². The third kappa shape index (κ3) is 2.83. The predicted octanol–water partition coefficient (Wildman–Crippen LogP) is 4.03. The van der Waals surface area contributed by atoms with Crippen LogP contribution in [-0.4, -0.2) is 20.0 Å². The van der Waals surface area contributed by atoms with E-state index < -0.39 is 7.60 Å². The Morgan fingerprint density at radius 2 is 1.75 bits per heavy atom. The molecule has 5 heteroatoms. The number of Topliss-reactive ketones (excluding diaryl/α,β-unsaturated/α-hetero) is 1. The molecule has 0 saturated carbocycles. The van der Waals surface area contributed by atoms with Gasteiger partial charge in [-0.25, -0.2) is 0 Å². The lowest BCUT2D eigenvalue weighted by Gasteiger charge is -2.17. The molecule has 2 rings (SSSR count). The van der Waals surface area contributed by atoms with Crippen molar-refractivity contribution < 1.29 is 18.4 Å². The Kier molecular flexibility index (Phi) is 4.39. The van der Waals surface area contributed by atoms with Gasteiger partial charge in [-0.05, 0) is 23.3 Å². The van der Waals surface area contributed by atoms with Crippen LogP contribution in [0.5, 0.6) is 0 Å². The molecule has 0 aliphatic heterocycles. The minimum Gasteiger partial charge on any atom is -0.312 e. The Bertz CT molecular complexity index is 685. The topological polar surface area (TPSA) is 52.6 Å². The maximum Gasteiger partial charge on any atom is 0.334 e. The van der Waals surface area contributed by atoms with Gasteiger partial charge in [0.15, 0.2) is 5.78 Å². The molecule has 0 fully saturated rings. The van der Waals surface area contributed by atoms with Crippen LogP contribution in [0.4, 0.5) is 0 Å². The summed E-state index contributed by atoms with van der Waals surface area (Å²) in [4.78, 5) is 11.8. The largest absolute Gasteiger partial charge is 0.334 e. The van der Waals surface area contributed by atoms with Crippen molar-refractivity contribution in [3.05, 3.63) is 47.5 Å². The Labute approximate surface area is 118 Å². The second kappa shape index (κ2) is 5.88. The molecule has 0 aliphatic rings. The molecule has 106 valence electrons. The summed E-state index contributed by atoms with van der Waals surface area (Å²) in [7, 11) is -0.526. The third-order valence-electron chi connectivity index (χ3n) is 3.33. The van der Waals surface area contributed by atoms with Gasteiger partial charge >= 0.3 is 7.60 Å². The van der Waals surface area contributed by atoms with Crippen molar-refractivity contribution in [1.82, 2.24) is 0 Å². The van der Waals surface area contributed by atoms with Crippen molar-refractivity contribution >= 4 is 24.2 Å². The predicted molar refractivity (Wildman–Crippen MR) is 79.3 cm³/mol. The molecule has 2 aromatic carbocycles. The van der Waals surface area contributed by atoms with Crippen LogP contribution in [0.25, 0.3) is 10.8 Å². The molecule has 0 spiro atoms. The molecule has 20 heavy (non-hydrogen) atoms. The average Bonchev–Trinajstić information content (AvgIpc) is 2.47. The van der Waals surface area contributed by atoms with E-state index in [-0.39, 0.29) is 11.9 Å². The minimum atomic E-state index is -3.23. The lowest BCUT2D eigenvalue weighted by atomic mass is 9.98. The summed E-state index contributed by atoms with van der Waals surface area (Å²) in [6, 6.07) is 11.3. The summed E-state index contributed by atoms with van der Waals surface area (Å²) in [5.74, 6) is -0.0653. The molecule has 0 atom stereocenters. The zero-order valence-corrected chi connectivity index (χ0v) is 12.6. The van der Waals surface area contributed by atoms with Crippen LogP contribution in [0.2, 0.25) is 0 Å². The Hall–Kier alpha value is -1.48. The highest BCUT2D eigenvalue weighted by atomic mass is 31.2.